The summed E-state index contributed by atoms with van der Waals surface area (Å²) in [6, 6.07) is 45.8. The molecule has 6 unspecified atom stereocenters. The quantitative estimate of drug-likeness (QED) is 0.172. The molecule has 0 aliphatic heterocycles. The molecule has 0 spiro atoms. The van der Waals surface area contributed by atoms with Crippen LogP contribution in [0.25, 0.3) is 33.4 Å². The molecule has 5 aliphatic rings. The molecular weight excluding hydrogens is 649 g/mol. The van der Waals surface area contributed by atoms with Gasteiger partial charge >= 0.3 is 0 Å². The van der Waals surface area contributed by atoms with Gasteiger partial charge in [-0.25, -0.2) is 0 Å². The summed E-state index contributed by atoms with van der Waals surface area (Å²) in [4.78, 5) is 0. The van der Waals surface area contributed by atoms with Crippen LogP contribution < -0.4 is 0 Å². The van der Waals surface area contributed by atoms with E-state index >= 15 is 0 Å². The molecule has 5 aromatic rings. The van der Waals surface area contributed by atoms with E-state index in [2.05, 4.69) is 183 Å². The minimum absolute atomic E-state index is 0.327. The van der Waals surface area contributed by atoms with Gasteiger partial charge in [-0.15, -0.1) is 0 Å². The number of aryl methyl sites for hydroxylation is 1. The van der Waals surface area contributed by atoms with Crippen molar-refractivity contribution in [3.05, 3.63) is 215 Å². The van der Waals surface area contributed by atoms with Crippen LogP contribution in [0, 0.1) is 17.8 Å². The third-order valence-corrected chi connectivity index (χ3v) is 13.3. The second kappa shape index (κ2) is 14.1. The van der Waals surface area contributed by atoms with E-state index in [0.29, 0.717) is 35.5 Å². The van der Waals surface area contributed by atoms with Crippen molar-refractivity contribution < 1.29 is 0 Å². The normalized spacial score (nSPS) is 25.2. The Morgan fingerprint density at radius 1 is 0.500 bits per heavy atom. The largest absolute Gasteiger partial charge is 0.0836 e. The zero-order chi connectivity index (χ0) is 36.0. The summed E-state index contributed by atoms with van der Waals surface area (Å²) < 4.78 is 0. The maximum atomic E-state index is 2.67. The minimum Gasteiger partial charge on any atom is -0.0836 e. The topological polar surface area (TPSA) is 0 Å². The third kappa shape index (κ3) is 5.75. The average molecular weight is 697 g/mol. The fourth-order valence-electron chi connectivity index (χ4n) is 10.8. The molecule has 264 valence electrons. The Labute approximate surface area is 321 Å². The highest BCUT2D eigenvalue weighted by atomic mass is 14.4. The highest BCUT2D eigenvalue weighted by Gasteiger charge is 2.36. The maximum Gasteiger partial charge on any atom is 0.0127 e. The first-order valence-electron chi connectivity index (χ1n) is 20.3. The van der Waals surface area contributed by atoms with Gasteiger partial charge in [0.1, 0.15) is 0 Å². The van der Waals surface area contributed by atoms with Gasteiger partial charge < -0.3 is 0 Å². The first-order chi connectivity index (χ1) is 26.7. The Kier molecular flexibility index (Phi) is 8.63. The van der Waals surface area contributed by atoms with Gasteiger partial charge in [0.05, 0.1) is 0 Å². The van der Waals surface area contributed by atoms with Crippen LogP contribution in [0.15, 0.2) is 182 Å². The Hall–Kier alpha value is -5.46. The summed E-state index contributed by atoms with van der Waals surface area (Å²) in [5, 5.41) is 0. The van der Waals surface area contributed by atoms with Crippen LogP contribution in [0.3, 0.4) is 0 Å². The van der Waals surface area contributed by atoms with Crippen molar-refractivity contribution in [2.45, 2.75) is 56.8 Å². The van der Waals surface area contributed by atoms with Crippen LogP contribution >= 0.6 is 0 Å². The van der Waals surface area contributed by atoms with Gasteiger partial charge in [-0.2, -0.15) is 0 Å². The van der Waals surface area contributed by atoms with Gasteiger partial charge in [-0.1, -0.05) is 183 Å². The van der Waals surface area contributed by atoms with Crippen molar-refractivity contribution in [3.63, 3.8) is 0 Å². The lowest BCUT2D eigenvalue weighted by Gasteiger charge is -2.39. The summed E-state index contributed by atoms with van der Waals surface area (Å²) in [6.45, 7) is 2.46. The molecule has 54 heavy (non-hydrogen) atoms. The second-order valence-electron chi connectivity index (χ2n) is 16.2. The predicted molar refractivity (Wildman–Crippen MR) is 228 cm³/mol. The molecule has 0 bridgehead atoms. The van der Waals surface area contributed by atoms with E-state index in [9.17, 15) is 0 Å². The first-order valence-corrected chi connectivity index (χ1v) is 20.3. The summed E-state index contributed by atoms with van der Waals surface area (Å²) in [7, 11) is 0. The molecule has 0 saturated carbocycles. The van der Waals surface area contributed by atoms with E-state index < -0.39 is 0 Å². The van der Waals surface area contributed by atoms with E-state index in [1.807, 2.05) is 0 Å². The molecule has 0 nitrogen and oxygen atoms in total. The van der Waals surface area contributed by atoms with E-state index in [0.717, 1.165) is 25.7 Å². The zero-order valence-electron chi connectivity index (χ0n) is 31.2. The highest BCUT2D eigenvalue weighted by molar-refractivity contribution is 5.87. The van der Waals surface area contributed by atoms with Crippen molar-refractivity contribution in [2.75, 3.05) is 0 Å². The lowest BCUT2D eigenvalue weighted by atomic mass is 9.65. The average Bonchev–Trinajstić information content (AvgIpc) is 3.41. The molecule has 5 aliphatic carbocycles. The Balaban J connectivity index is 0.985. The minimum atomic E-state index is 0.327. The summed E-state index contributed by atoms with van der Waals surface area (Å²) in [6.07, 6.45) is 27.6. The number of hydrogen-bond donors (Lipinski definition) is 0. The Morgan fingerprint density at radius 3 is 1.93 bits per heavy atom. The van der Waals surface area contributed by atoms with Crippen molar-refractivity contribution in [2.24, 2.45) is 17.8 Å². The summed E-state index contributed by atoms with van der Waals surface area (Å²) >= 11 is 0. The molecule has 0 fully saturated rings. The highest BCUT2D eigenvalue weighted by Crippen LogP contribution is 2.53. The maximum absolute atomic E-state index is 2.67. The lowest BCUT2D eigenvalue weighted by Crippen LogP contribution is -2.24. The van der Waals surface area contributed by atoms with Gasteiger partial charge in [0.15, 0.2) is 0 Å². The number of benzene rings is 5. The third-order valence-electron chi connectivity index (χ3n) is 13.3. The van der Waals surface area contributed by atoms with Gasteiger partial charge in [0.25, 0.3) is 0 Å². The molecule has 6 atom stereocenters. The number of hydrogen-bond acceptors (Lipinski definition) is 0. The number of allylic oxidation sites excluding steroid dienone is 12. The van der Waals surface area contributed by atoms with E-state index in [1.165, 1.54) is 78.8 Å². The molecular formula is C54H48. The van der Waals surface area contributed by atoms with Crippen LogP contribution in [0.4, 0.5) is 0 Å². The lowest BCUT2D eigenvalue weighted by molar-refractivity contribution is 0.438. The fourth-order valence-corrected chi connectivity index (χ4v) is 10.8. The van der Waals surface area contributed by atoms with Crippen LogP contribution in [-0.4, -0.2) is 0 Å². The second-order valence-corrected chi connectivity index (χ2v) is 16.2. The molecule has 0 N–H and O–H groups in total. The SMILES string of the molecule is CC1c2ccccc2-c2ccccc2C1C1C=C(C2CC=CC=C2c2ccccc2C2=CC(C3CCc4ccccc4-c4ccccc43)CC=C2)C=CC1. The van der Waals surface area contributed by atoms with E-state index in [4.69, 9.17) is 0 Å². The molecule has 0 heteroatoms. The van der Waals surface area contributed by atoms with Crippen molar-refractivity contribution in [1.82, 2.24) is 0 Å². The molecule has 5 aromatic carbocycles. The van der Waals surface area contributed by atoms with Crippen LogP contribution in [0.1, 0.15) is 83.7 Å². The number of fused-ring (bicyclic) bond motifs is 6. The van der Waals surface area contributed by atoms with Crippen molar-refractivity contribution >= 4 is 11.1 Å². The molecule has 0 saturated heterocycles. The van der Waals surface area contributed by atoms with Crippen LogP contribution in [-0.2, 0) is 6.42 Å². The van der Waals surface area contributed by atoms with Crippen molar-refractivity contribution in [1.29, 1.82) is 0 Å². The molecule has 0 amide bonds. The molecule has 0 radical (unpaired) electrons. The Morgan fingerprint density at radius 2 is 1.11 bits per heavy atom. The van der Waals surface area contributed by atoms with Crippen LogP contribution in [0.2, 0.25) is 0 Å². The van der Waals surface area contributed by atoms with Gasteiger partial charge in [-0.3, -0.25) is 0 Å². The molecule has 0 heterocycles. The molecule has 10 rings (SSSR count). The number of rotatable bonds is 5. The zero-order valence-corrected chi connectivity index (χ0v) is 31.2. The van der Waals surface area contributed by atoms with Crippen molar-refractivity contribution in [3.8, 4) is 22.3 Å². The smallest absolute Gasteiger partial charge is 0.0127 e. The predicted octanol–water partition coefficient (Wildman–Crippen LogP) is 14.1. The Bertz CT molecular complexity index is 2420. The summed E-state index contributed by atoms with van der Waals surface area (Å²) in [5.74, 6) is 2.63. The van der Waals surface area contributed by atoms with Crippen LogP contribution in [0.5, 0.6) is 0 Å². The van der Waals surface area contributed by atoms with E-state index in [1.54, 1.807) is 0 Å². The molecule has 0 aromatic heterocycles. The van der Waals surface area contributed by atoms with Gasteiger partial charge in [-0.05, 0) is 134 Å². The standard InChI is InChI=1S/C54H48/c1-36-42-21-4-7-25-47(42)52-30-12-13-31-53(52)54(36)41-20-15-19-40(35-41)45-24-6-9-28-50(45)49-27-8-5-23-44(49)38-17-14-18-39(34-38)46-33-32-37-16-2-3-22-43(37)48-26-10-11-29-51(46)48/h2-17,19,21-23,25-31,34-36,39,41,45-46,54H,18,20,24,32-33H2,1H3. The van der Waals surface area contributed by atoms with Gasteiger partial charge in [0, 0.05) is 5.92 Å². The monoisotopic (exact) mass is 696 g/mol. The van der Waals surface area contributed by atoms with E-state index in [-0.39, 0.29) is 0 Å². The first kappa shape index (κ1) is 33.1. The summed E-state index contributed by atoms with van der Waals surface area (Å²) in [5.41, 5.74) is 18.7. The fraction of sp³-hybridized carbons (Fsp3) is 0.222. The van der Waals surface area contributed by atoms with Gasteiger partial charge in [0.2, 0.25) is 0 Å².